The van der Waals surface area contributed by atoms with Gasteiger partial charge in [0.1, 0.15) is 0 Å². The molecule has 1 aromatic carbocycles. The Kier molecular flexibility index (Phi) is 3.68. The third kappa shape index (κ3) is 2.40. The lowest BCUT2D eigenvalue weighted by Crippen LogP contribution is -2.38. The number of hydrogen-bond donors (Lipinski definition) is 2. The molecule has 1 aromatic heterocycles. The molecule has 96 valence electrons. The minimum Gasteiger partial charge on any atom is -0.394 e. The highest BCUT2D eigenvalue weighted by molar-refractivity contribution is 6.34. The van der Waals surface area contributed by atoms with Crippen molar-refractivity contribution in [2.45, 2.75) is 25.8 Å². The van der Waals surface area contributed by atoms with E-state index in [-0.39, 0.29) is 6.61 Å². The lowest BCUT2D eigenvalue weighted by Gasteiger charge is -2.28. The number of aliphatic hydroxyl groups excluding tert-OH is 1. The molecule has 1 heterocycles. The molecule has 4 nitrogen and oxygen atoms in total. The van der Waals surface area contributed by atoms with Gasteiger partial charge in [0.05, 0.1) is 12.1 Å². The summed E-state index contributed by atoms with van der Waals surface area (Å²) in [6.45, 7) is 3.98. The first-order chi connectivity index (χ1) is 8.59. The monoisotopic (exact) mass is 265 g/mol. The average Bonchev–Trinajstić information content (AvgIpc) is 2.42. The zero-order valence-electron chi connectivity index (χ0n) is 10.4. The first-order valence-corrected chi connectivity index (χ1v) is 6.27. The fraction of sp³-hybridized carbons (Fsp3) is 0.385. The lowest BCUT2D eigenvalue weighted by atomic mass is 10.00. The molecule has 0 saturated carbocycles. The second-order valence-corrected chi connectivity index (χ2v) is 4.94. The molecule has 2 N–H and O–H groups in total. The van der Waals surface area contributed by atoms with E-state index in [0.717, 1.165) is 17.2 Å². The molecule has 0 saturated heterocycles. The van der Waals surface area contributed by atoms with Crippen molar-refractivity contribution in [1.29, 1.82) is 0 Å². The van der Waals surface area contributed by atoms with Crippen molar-refractivity contribution in [2.24, 2.45) is 0 Å². The molecule has 0 radical (unpaired) electrons. The lowest BCUT2D eigenvalue weighted by molar-refractivity contribution is 0.218. The number of aliphatic hydroxyl groups is 1. The highest BCUT2D eigenvalue weighted by Gasteiger charge is 2.22. The van der Waals surface area contributed by atoms with Gasteiger partial charge in [-0.05, 0) is 13.3 Å². The van der Waals surface area contributed by atoms with Gasteiger partial charge in [-0.3, -0.25) is 0 Å². The number of nitrogens with one attached hydrogen (secondary N) is 1. The molecule has 0 fully saturated rings. The first kappa shape index (κ1) is 13.1. The van der Waals surface area contributed by atoms with E-state index in [0.29, 0.717) is 11.0 Å². The van der Waals surface area contributed by atoms with Crippen LogP contribution in [0, 0.1) is 0 Å². The number of rotatable bonds is 4. The van der Waals surface area contributed by atoms with E-state index in [1.807, 2.05) is 38.1 Å². The predicted molar refractivity (Wildman–Crippen MR) is 74.0 cm³/mol. The van der Waals surface area contributed by atoms with Gasteiger partial charge in [0.15, 0.2) is 11.0 Å². The molecule has 0 bridgehead atoms. The fourth-order valence-electron chi connectivity index (χ4n) is 1.69. The Morgan fingerprint density at radius 3 is 2.56 bits per heavy atom. The van der Waals surface area contributed by atoms with E-state index in [9.17, 15) is 5.11 Å². The molecule has 0 amide bonds. The van der Waals surface area contributed by atoms with E-state index in [2.05, 4.69) is 15.5 Å². The van der Waals surface area contributed by atoms with E-state index in [4.69, 9.17) is 11.6 Å². The predicted octanol–water partition coefficient (Wildman–Crippen LogP) is 2.86. The molecule has 2 rings (SSSR count). The summed E-state index contributed by atoms with van der Waals surface area (Å²) in [7, 11) is 0. The highest BCUT2D eigenvalue weighted by atomic mass is 35.5. The second-order valence-electron chi connectivity index (χ2n) is 4.58. The summed E-state index contributed by atoms with van der Waals surface area (Å²) in [6, 6.07) is 7.67. The topological polar surface area (TPSA) is 58.0 Å². The molecule has 0 aliphatic heterocycles. The van der Waals surface area contributed by atoms with E-state index in [1.54, 1.807) is 0 Å². The van der Waals surface area contributed by atoms with Crippen LogP contribution in [0.4, 0.5) is 5.82 Å². The molecule has 5 heteroatoms. The van der Waals surface area contributed by atoms with Gasteiger partial charge in [0.2, 0.25) is 0 Å². The number of nitrogens with zero attached hydrogens (tertiary/aromatic N) is 2. The maximum absolute atomic E-state index is 9.44. The van der Waals surface area contributed by atoms with Crippen molar-refractivity contribution in [3.05, 3.63) is 29.4 Å². The largest absolute Gasteiger partial charge is 0.394 e. The smallest absolute Gasteiger partial charge is 0.159 e. The van der Waals surface area contributed by atoms with Gasteiger partial charge in [0, 0.05) is 10.8 Å². The van der Waals surface area contributed by atoms with Gasteiger partial charge in [-0.2, -0.15) is 0 Å². The van der Waals surface area contributed by atoms with Crippen LogP contribution in [-0.4, -0.2) is 27.4 Å². The molecular weight excluding hydrogens is 250 g/mol. The molecule has 1 atom stereocenters. The van der Waals surface area contributed by atoms with Gasteiger partial charge in [-0.15, -0.1) is 10.2 Å². The highest BCUT2D eigenvalue weighted by Crippen LogP contribution is 2.28. The number of aromatic nitrogens is 2. The van der Waals surface area contributed by atoms with Crippen LogP contribution in [0.15, 0.2) is 24.3 Å². The van der Waals surface area contributed by atoms with E-state index >= 15 is 0 Å². The number of anilines is 1. The SMILES string of the molecule is CCC(C)(CO)Nc1nnc(Cl)c2ccccc12. The van der Waals surface area contributed by atoms with Crippen LogP contribution >= 0.6 is 11.6 Å². The van der Waals surface area contributed by atoms with Gasteiger partial charge in [-0.1, -0.05) is 42.8 Å². The van der Waals surface area contributed by atoms with Crippen LogP contribution in [0.3, 0.4) is 0 Å². The molecule has 0 aliphatic carbocycles. The maximum atomic E-state index is 9.44. The van der Waals surface area contributed by atoms with Crippen molar-refractivity contribution >= 4 is 28.2 Å². The molecule has 0 aliphatic rings. The van der Waals surface area contributed by atoms with E-state index < -0.39 is 5.54 Å². The Labute approximate surface area is 111 Å². The summed E-state index contributed by atoms with van der Waals surface area (Å²) in [4.78, 5) is 0. The summed E-state index contributed by atoms with van der Waals surface area (Å²) in [6.07, 6.45) is 0.780. The zero-order valence-corrected chi connectivity index (χ0v) is 11.2. The second kappa shape index (κ2) is 5.08. The number of fused-ring (bicyclic) bond motifs is 1. The van der Waals surface area contributed by atoms with Crippen molar-refractivity contribution in [3.8, 4) is 0 Å². The Hall–Kier alpha value is -1.39. The Morgan fingerprint density at radius 1 is 1.28 bits per heavy atom. The third-order valence-corrected chi connectivity index (χ3v) is 3.47. The van der Waals surface area contributed by atoms with Crippen LogP contribution in [0.2, 0.25) is 5.15 Å². The van der Waals surface area contributed by atoms with Gasteiger partial charge >= 0.3 is 0 Å². The minimum atomic E-state index is -0.411. The first-order valence-electron chi connectivity index (χ1n) is 5.89. The molecule has 2 aromatic rings. The Morgan fingerprint density at radius 2 is 1.94 bits per heavy atom. The standard InChI is InChI=1S/C13H16ClN3O/c1-3-13(2,8-18)15-12-10-7-5-4-6-9(10)11(14)16-17-12/h4-7,18H,3,8H2,1-2H3,(H,15,17). The summed E-state index contributed by atoms with van der Waals surface area (Å²) in [5.74, 6) is 0.647. The normalized spacial score (nSPS) is 14.4. The number of halogens is 1. The van der Waals surface area contributed by atoms with Gasteiger partial charge < -0.3 is 10.4 Å². The van der Waals surface area contributed by atoms with Gasteiger partial charge in [0.25, 0.3) is 0 Å². The maximum Gasteiger partial charge on any atom is 0.159 e. The summed E-state index contributed by atoms with van der Waals surface area (Å²) < 4.78 is 0. The van der Waals surface area contributed by atoms with Crippen LogP contribution < -0.4 is 5.32 Å². The van der Waals surface area contributed by atoms with Crippen LogP contribution in [0.5, 0.6) is 0 Å². The van der Waals surface area contributed by atoms with E-state index in [1.165, 1.54) is 0 Å². The van der Waals surface area contributed by atoms with Crippen LogP contribution in [0.25, 0.3) is 10.8 Å². The summed E-state index contributed by atoms with van der Waals surface area (Å²) in [5, 5.41) is 22.8. The molecule has 0 spiro atoms. The minimum absolute atomic E-state index is 0.0299. The van der Waals surface area contributed by atoms with Crippen molar-refractivity contribution in [2.75, 3.05) is 11.9 Å². The third-order valence-electron chi connectivity index (χ3n) is 3.19. The number of hydrogen-bond acceptors (Lipinski definition) is 4. The summed E-state index contributed by atoms with van der Waals surface area (Å²) in [5.41, 5.74) is -0.411. The van der Waals surface area contributed by atoms with Crippen LogP contribution in [0.1, 0.15) is 20.3 Å². The van der Waals surface area contributed by atoms with Gasteiger partial charge in [-0.25, -0.2) is 0 Å². The summed E-state index contributed by atoms with van der Waals surface area (Å²) >= 11 is 6.02. The molecule has 1 unspecified atom stereocenters. The van der Waals surface area contributed by atoms with Crippen molar-refractivity contribution in [3.63, 3.8) is 0 Å². The zero-order chi connectivity index (χ0) is 13.2. The Balaban J connectivity index is 2.49. The average molecular weight is 266 g/mol. The van der Waals surface area contributed by atoms with Crippen LogP contribution in [-0.2, 0) is 0 Å². The quantitative estimate of drug-likeness (QED) is 0.893. The number of benzene rings is 1. The fourth-order valence-corrected chi connectivity index (χ4v) is 1.89. The molecule has 18 heavy (non-hydrogen) atoms. The molecular formula is C13H16ClN3O. The van der Waals surface area contributed by atoms with Crippen molar-refractivity contribution < 1.29 is 5.11 Å². The van der Waals surface area contributed by atoms with Crippen molar-refractivity contribution in [1.82, 2.24) is 10.2 Å². The Bertz CT molecular complexity index is 555.